The van der Waals surface area contributed by atoms with E-state index in [1.165, 1.54) is 7.11 Å². The molecule has 1 saturated heterocycles. The van der Waals surface area contributed by atoms with Crippen LogP contribution in [0.4, 0.5) is 0 Å². The first-order chi connectivity index (χ1) is 12.7. The van der Waals surface area contributed by atoms with Gasteiger partial charge in [-0.15, -0.1) is 0 Å². The number of carbonyl (C=O) groups is 2. The van der Waals surface area contributed by atoms with Gasteiger partial charge in [0.2, 0.25) is 0 Å². The smallest absolute Gasteiger partial charge is 0.337 e. The minimum absolute atomic E-state index is 0.0515. The van der Waals surface area contributed by atoms with E-state index in [-0.39, 0.29) is 11.9 Å². The molecule has 0 radical (unpaired) electrons. The van der Waals surface area contributed by atoms with Crippen LogP contribution < -0.4 is 0 Å². The summed E-state index contributed by atoms with van der Waals surface area (Å²) < 4.78 is 4.69. The maximum absolute atomic E-state index is 13.0. The Balaban J connectivity index is 1.59. The van der Waals surface area contributed by atoms with Crippen LogP contribution in [-0.4, -0.2) is 40.4 Å². The van der Waals surface area contributed by atoms with Gasteiger partial charge in [-0.2, -0.15) is 0 Å². The number of aromatic amines is 1. The standard InChI is InChI=1S/C20H19N3O3/c1-26-20(25)14-10-8-13(9-11-14)19(24)23-12-4-7-17(23)18-21-15-5-2-3-6-16(15)22-18/h2-3,5-6,8-11,17H,4,7,12H2,1H3,(H,21,22)/t17-/m1/s1. The number of methoxy groups -OCH3 is 1. The molecule has 3 aromatic rings. The number of para-hydroxylation sites is 2. The second-order valence-electron chi connectivity index (χ2n) is 6.36. The van der Waals surface area contributed by atoms with Gasteiger partial charge in [-0.25, -0.2) is 9.78 Å². The number of nitrogens with one attached hydrogen (secondary N) is 1. The van der Waals surface area contributed by atoms with Crippen molar-refractivity contribution in [2.24, 2.45) is 0 Å². The Morgan fingerprint density at radius 3 is 2.58 bits per heavy atom. The van der Waals surface area contributed by atoms with E-state index in [9.17, 15) is 9.59 Å². The SMILES string of the molecule is COC(=O)c1ccc(C(=O)N2CCC[C@@H]2c2nc3ccccc3[nH]2)cc1. The van der Waals surface area contributed by atoms with Crippen LogP contribution in [0, 0.1) is 0 Å². The zero-order valence-corrected chi connectivity index (χ0v) is 14.4. The largest absolute Gasteiger partial charge is 0.465 e. The van der Waals surface area contributed by atoms with Crippen molar-refractivity contribution in [1.82, 2.24) is 14.9 Å². The second kappa shape index (κ2) is 6.63. The van der Waals surface area contributed by atoms with Crippen molar-refractivity contribution in [3.63, 3.8) is 0 Å². The number of rotatable bonds is 3. The van der Waals surface area contributed by atoms with Gasteiger partial charge in [0.15, 0.2) is 0 Å². The van der Waals surface area contributed by atoms with Crippen molar-refractivity contribution < 1.29 is 14.3 Å². The van der Waals surface area contributed by atoms with Crippen LogP contribution in [0.15, 0.2) is 48.5 Å². The number of nitrogens with zero attached hydrogens (tertiary/aromatic N) is 2. The van der Waals surface area contributed by atoms with Gasteiger partial charge in [-0.1, -0.05) is 12.1 Å². The maximum Gasteiger partial charge on any atom is 0.337 e. The molecule has 1 atom stereocenters. The molecule has 1 N–H and O–H groups in total. The van der Waals surface area contributed by atoms with Crippen LogP contribution in [-0.2, 0) is 4.74 Å². The molecule has 1 aliphatic heterocycles. The van der Waals surface area contributed by atoms with Crippen LogP contribution in [0.2, 0.25) is 0 Å². The molecule has 0 unspecified atom stereocenters. The lowest BCUT2D eigenvalue weighted by molar-refractivity contribution is 0.0599. The van der Waals surface area contributed by atoms with Gasteiger partial charge in [0, 0.05) is 12.1 Å². The molecule has 6 heteroatoms. The maximum atomic E-state index is 13.0. The summed E-state index contributed by atoms with van der Waals surface area (Å²) in [5.41, 5.74) is 2.87. The Morgan fingerprint density at radius 2 is 1.85 bits per heavy atom. The molecule has 6 nitrogen and oxygen atoms in total. The highest BCUT2D eigenvalue weighted by atomic mass is 16.5. The number of hydrogen-bond acceptors (Lipinski definition) is 4. The third-order valence-electron chi connectivity index (χ3n) is 4.79. The Hall–Kier alpha value is -3.15. The average molecular weight is 349 g/mol. The fraction of sp³-hybridized carbons (Fsp3) is 0.250. The summed E-state index contributed by atoms with van der Waals surface area (Å²) >= 11 is 0. The summed E-state index contributed by atoms with van der Waals surface area (Å²) in [5.74, 6) is 0.359. The number of H-pyrrole nitrogens is 1. The molecule has 0 bridgehead atoms. The third-order valence-corrected chi connectivity index (χ3v) is 4.79. The molecule has 4 rings (SSSR count). The van der Waals surface area contributed by atoms with E-state index in [0.717, 1.165) is 29.7 Å². The predicted molar refractivity (Wildman–Crippen MR) is 96.9 cm³/mol. The third kappa shape index (κ3) is 2.83. The zero-order chi connectivity index (χ0) is 18.1. The summed E-state index contributed by atoms with van der Waals surface area (Å²) in [7, 11) is 1.34. The summed E-state index contributed by atoms with van der Waals surface area (Å²) in [6, 6.07) is 14.4. The quantitative estimate of drug-likeness (QED) is 0.736. The summed E-state index contributed by atoms with van der Waals surface area (Å²) in [5, 5.41) is 0. The molecule has 2 aromatic carbocycles. The van der Waals surface area contributed by atoms with Gasteiger partial charge in [-0.3, -0.25) is 4.79 Å². The highest BCUT2D eigenvalue weighted by Crippen LogP contribution is 2.32. The van der Waals surface area contributed by atoms with Gasteiger partial charge >= 0.3 is 5.97 Å². The normalized spacial score (nSPS) is 16.8. The Labute approximate surface area is 150 Å². The van der Waals surface area contributed by atoms with Gasteiger partial charge in [0.05, 0.1) is 29.7 Å². The minimum atomic E-state index is -0.412. The van der Waals surface area contributed by atoms with E-state index in [0.29, 0.717) is 17.7 Å². The fourth-order valence-electron chi connectivity index (χ4n) is 3.46. The number of amides is 1. The number of carbonyl (C=O) groups excluding carboxylic acids is 2. The number of aromatic nitrogens is 2. The molecule has 0 saturated carbocycles. The van der Waals surface area contributed by atoms with Crippen LogP contribution in [0.3, 0.4) is 0 Å². The fourth-order valence-corrected chi connectivity index (χ4v) is 3.46. The van der Waals surface area contributed by atoms with Crippen molar-refractivity contribution >= 4 is 22.9 Å². The van der Waals surface area contributed by atoms with Crippen LogP contribution in [0.5, 0.6) is 0 Å². The van der Waals surface area contributed by atoms with Crippen molar-refractivity contribution in [3.05, 3.63) is 65.5 Å². The number of likely N-dealkylation sites (tertiary alicyclic amines) is 1. The molecule has 132 valence electrons. The van der Waals surface area contributed by atoms with Crippen molar-refractivity contribution in [3.8, 4) is 0 Å². The van der Waals surface area contributed by atoms with Gasteiger partial charge in [-0.05, 0) is 49.2 Å². The number of esters is 1. The molecule has 0 aliphatic carbocycles. The number of fused-ring (bicyclic) bond motifs is 1. The molecular weight excluding hydrogens is 330 g/mol. The minimum Gasteiger partial charge on any atom is -0.465 e. The predicted octanol–water partition coefficient (Wildman–Crippen LogP) is 3.33. The lowest BCUT2D eigenvalue weighted by atomic mass is 10.1. The number of imidazole rings is 1. The first-order valence-corrected chi connectivity index (χ1v) is 8.61. The van der Waals surface area contributed by atoms with Crippen LogP contribution >= 0.6 is 0 Å². The molecule has 1 amide bonds. The molecule has 1 aromatic heterocycles. The highest BCUT2D eigenvalue weighted by molar-refractivity contribution is 5.96. The van der Waals surface area contributed by atoms with Crippen molar-refractivity contribution in [1.29, 1.82) is 0 Å². The second-order valence-corrected chi connectivity index (χ2v) is 6.36. The van der Waals surface area contributed by atoms with E-state index in [1.54, 1.807) is 24.3 Å². The molecule has 26 heavy (non-hydrogen) atoms. The van der Waals surface area contributed by atoms with Crippen molar-refractivity contribution in [2.75, 3.05) is 13.7 Å². The molecule has 1 aliphatic rings. The summed E-state index contributed by atoms with van der Waals surface area (Å²) in [6.07, 6.45) is 1.82. The Bertz CT molecular complexity index is 929. The Morgan fingerprint density at radius 1 is 1.12 bits per heavy atom. The number of ether oxygens (including phenoxy) is 1. The lowest BCUT2D eigenvalue weighted by Crippen LogP contribution is -2.31. The van der Waals surface area contributed by atoms with E-state index < -0.39 is 5.97 Å². The Kier molecular flexibility index (Phi) is 4.16. The average Bonchev–Trinajstić information content (AvgIpc) is 3.33. The number of hydrogen-bond donors (Lipinski definition) is 1. The lowest BCUT2D eigenvalue weighted by Gasteiger charge is -2.23. The first kappa shape index (κ1) is 16.3. The summed E-state index contributed by atoms with van der Waals surface area (Å²) in [4.78, 5) is 34.4. The molecule has 2 heterocycles. The monoisotopic (exact) mass is 349 g/mol. The first-order valence-electron chi connectivity index (χ1n) is 8.61. The highest BCUT2D eigenvalue weighted by Gasteiger charge is 2.32. The van der Waals surface area contributed by atoms with E-state index in [2.05, 4.69) is 9.97 Å². The van der Waals surface area contributed by atoms with E-state index >= 15 is 0 Å². The van der Waals surface area contributed by atoms with Crippen molar-refractivity contribution in [2.45, 2.75) is 18.9 Å². The van der Waals surface area contributed by atoms with Crippen LogP contribution in [0.1, 0.15) is 45.4 Å². The van der Waals surface area contributed by atoms with Gasteiger partial charge in [0.1, 0.15) is 5.82 Å². The van der Waals surface area contributed by atoms with Crippen LogP contribution in [0.25, 0.3) is 11.0 Å². The molecule has 0 spiro atoms. The molecule has 1 fully saturated rings. The van der Waals surface area contributed by atoms with Gasteiger partial charge in [0.25, 0.3) is 5.91 Å². The number of benzene rings is 2. The summed E-state index contributed by atoms with van der Waals surface area (Å²) in [6.45, 7) is 0.694. The topological polar surface area (TPSA) is 75.3 Å². The molecular formula is C20H19N3O3. The zero-order valence-electron chi connectivity index (χ0n) is 14.4. The van der Waals surface area contributed by atoms with Gasteiger partial charge < -0.3 is 14.6 Å². The van der Waals surface area contributed by atoms with E-state index in [1.807, 2.05) is 29.2 Å². The van der Waals surface area contributed by atoms with E-state index in [4.69, 9.17) is 4.74 Å².